The lowest BCUT2D eigenvalue weighted by atomic mass is 10.3. The third-order valence-corrected chi connectivity index (χ3v) is 2.71. The van der Waals surface area contributed by atoms with Crippen LogP contribution in [-0.2, 0) is 6.54 Å². The van der Waals surface area contributed by atoms with Gasteiger partial charge in [-0.2, -0.15) is 0 Å². The van der Waals surface area contributed by atoms with Crippen molar-refractivity contribution in [1.82, 2.24) is 4.98 Å². The summed E-state index contributed by atoms with van der Waals surface area (Å²) in [5, 5.41) is 12.3. The number of benzene rings is 2. The summed E-state index contributed by atoms with van der Waals surface area (Å²) in [5.41, 5.74) is 1.90. The highest BCUT2D eigenvalue weighted by Crippen LogP contribution is 2.18. The van der Waals surface area contributed by atoms with Gasteiger partial charge in [0.25, 0.3) is 0 Å². The summed E-state index contributed by atoms with van der Waals surface area (Å²) in [6.07, 6.45) is 0. The van der Waals surface area contributed by atoms with E-state index >= 15 is 0 Å². The molecule has 0 radical (unpaired) electrons. The molecule has 19 heavy (non-hydrogen) atoms. The quantitative estimate of drug-likeness (QED) is 0.708. The van der Waals surface area contributed by atoms with Gasteiger partial charge >= 0.3 is 0 Å². The van der Waals surface area contributed by atoms with Gasteiger partial charge in [-0.1, -0.05) is 0 Å². The van der Waals surface area contributed by atoms with Gasteiger partial charge in [0.1, 0.15) is 17.1 Å². The minimum atomic E-state index is -0.346. The first-order valence-electron chi connectivity index (χ1n) is 5.78. The van der Waals surface area contributed by atoms with Crippen molar-refractivity contribution in [2.75, 3.05) is 5.32 Å². The van der Waals surface area contributed by atoms with Gasteiger partial charge in [-0.25, -0.2) is 9.37 Å². The fourth-order valence-corrected chi connectivity index (χ4v) is 1.78. The number of nitrogens with zero attached hydrogens (tertiary/aromatic N) is 1. The largest absolute Gasteiger partial charge is 0.508 e. The Labute approximate surface area is 108 Å². The first-order valence-corrected chi connectivity index (χ1v) is 5.78. The number of phenols is 1. The Kier molecular flexibility index (Phi) is 2.79. The summed E-state index contributed by atoms with van der Waals surface area (Å²) in [5.74, 6) is 0.346. The van der Waals surface area contributed by atoms with Gasteiger partial charge in [-0.3, -0.25) is 0 Å². The Morgan fingerprint density at radius 1 is 1.16 bits per heavy atom. The number of aromatic hydroxyl groups is 1. The molecule has 1 heterocycles. The van der Waals surface area contributed by atoms with Crippen LogP contribution in [0.15, 0.2) is 46.9 Å². The van der Waals surface area contributed by atoms with Gasteiger partial charge in [0.15, 0.2) is 5.58 Å². The zero-order valence-electron chi connectivity index (χ0n) is 9.93. The van der Waals surface area contributed by atoms with E-state index in [2.05, 4.69) is 10.3 Å². The second-order valence-corrected chi connectivity index (χ2v) is 4.12. The van der Waals surface area contributed by atoms with Gasteiger partial charge in [0, 0.05) is 11.8 Å². The first-order chi connectivity index (χ1) is 9.20. The van der Waals surface area contributed by atoms with Crippen LogP contribution in [0.3, 0.4) is 0 Å². The van der Waals surface area contributed by atoms with Crippen LogP contribution in [0, 0.1) is 5.82 Å². The number of nitrogens with one attached hydrogen (secondary N) is 1. The third-order valence-electron chi connectivity index (χ3n) is 2.71. The van der Waals surface area contributed by atoms with Crippen molar-refractivity contribution in [3.63, 3.8) is 0 Å². The van der Waals surface area contributed by atoms with E-state index in [1.54, 1.807) is 30.3 Å². The molecular formula is C14H11FN2O2. The molecule has 4 nitrogen and oxygen atoms in total. The molecule has 2 aromatic carbocycles. The minimum Gasteiger partial charge on any atom is -0.508 e. The molecule has 2 N–H and O–H groups in total. The molecule has 0 fully saturated rings. The Morgan fingerprint density at radius 3 is 2.74 bits per heavy atom. The van der Waals surface area contributed by atoms with Crippen molar-refractivity contribution < 1.29 is 13.9 Å². The van der Waals surface area contributed by atoms with Crippen LogP contribution in [0.4, 0.5) is 10.1 Å². The lowest BCUT2D eigenvalue weighted by molar-refractivity contribution is 0.475. The zero-order chi connectivity index (χ0) is 13.2. The lowest BCUT2D eigenvalue weighted by Crippen LogP contribution is -1.98. The topological polar surface area (TPSA) is 58.3 Å². The van der Waals surface area contributed by atoms with Gasteiger partial charge < -0.3 is 14.8 Å². The fraction of sp³-hybridized carbons (Fsp3) is 0.0714. The number of oxazole rings is 1. The summed E-state index contributed by atoms with van der Waals surface area (Å²) in [7, 11) is 0. The van der Waals surface area contributed by atoms with Crippen molar-refractivity contribution >= 4 is 16.8 Å². The Balaban J connectivity index is 1.76. The molecule has 0 amide bonds. The summed E-state index contributed by atoms with van der Waals surface area (Å²) in [6, 6.07) is 10.9. The number of aromatic nitrogens is 1. The average Bonchev–Trinajstić information content (AvgIpc) is 2.80. The summed E-state index contributed by atoms with van der Waals surface area (Å²) < 4.78 is 18.4. The molecule has 0 bridgehead atoms. The molecular weight excluding hydrogens is 247 g/mol. The van der Waals surface area contributed by atoms with E-state index < -0.39 is 0 Å². The van der Waals surface area contributed by atoms with E-state index in [-0.39, 0.29) is 11.6 Å². The van der Waals surface area contributed by atoms with Crippen molar-refractivity contribution in [2.45, 2.75) is 6.54 Å². The highest BCUT2D eigenvalue weighted by Gasteiger charge is 2.06. The molecule has 0 aliphatic carbocycles. The monoisotopic (exact) mass is 258 g/mol. The number of hydrogen-bond donors (Lipinski definition) is 2. The van der Waals surface area contributed by atoms with Crippen LogP contribution in [-0.4, -0.2) is 10.1 Å². The zero-order valence-corrected chi connectivity index (χ0v) is 9.93. The first kappa shape index (κ1) is 11.5. The molecule has 96 valence electrons. The van der Waals surface area contributed by atoms with Gasteiger partial charge in [-0.15, -0.1) is 0 Å². The van der Waals surface area contributed by atoms with Crippen LogP contribution in [0.25, 0.3) is 11.1 Å². The summed E-state index contributed by atoms with van der Waals surface area (Å²) in [4.78, 5) is 4.24. The summed E-state index contributed by atoms with van der Waals surface area (Å²) in [6.45, 7) is 0.390. The predicted octanol–water partition coefficient (Wildman–Crippen LogP) is 3.28. The summed E-state index contributed by atoms with van der Waals surface area (Å²) >= 11 is 0. The normalized spacial score (nSPS) is 10.8. The Hall–Kier alpha value is -2.56. The molecule has 3 aromatic rings. The maximum atomic E-state index is 13.0. The van der Waals surface area contributed by atoms with E-state index in [0.29, 0.717) is 23.5 Å². The number of hydrogen-bond acceptors (Lipinski definition) is 4. The molecule has 0 atom stereocenters. The van der Waals surface area contributed by atoms with E-state index in [1.807, 2.05) is 0 Å². The van der Waals surface area contributed by atoms with Crippen molar-refractivity contribution in [3.8, 4) is 5.75 Å². The molecule has 1 aromatic heterocycles. The maximum absolute atomic E-state index is 13.0. The standard InChI is InChI=1S/C14H11FN2O2/c15-9-1-6-12-13(7-9)19-14(17-12)8-16-10-2-4-11(18)5-3-10/h1-7,16,18H,8H2. The average molecular weight is 258 g/mol. The van der Waals surface area contributed by atoms with E-state index in [4.69, 9.17) is 9.52 Å². The Bertz CT molecular complexity index is 707. The van der Waals surface area contributed by atoms with Crippen molar-refractivity contribution in [1.29, 1.82) is 0 Å². The maximum Gasteiger partial charge on any atom is 0.214 e. The molecule has 0 saturated carbocycles. The molecule has 5 heteroatoms. The van der Waals surface area contributed by atoms with E-state index in [9.17, 15) is 4.39 Å². The molecule has 0 unspecified atom stereocenters. The van der Waals surface area contributed by atoms with E-state index in [0.717, 1.165) is 5.69 Å². The highest BCUT2D eigenvalue weighted by atomic mass is 19.1. The van der Waals surface area contributed by atoms with Crippen LogP contribution in [0.5, 0.6) is 5.75 Å². The van der Waals surface area contributed by atoms with Crippen LogP contribution in [0.2, 0.25) is 0 Å². The molecule has 0 aliphatic rings. The number of fused-ring (bicyclic) bond motifs is 1. The smallest absolute Gasteiger partial charge is 0.214 e. The van der Waals surface area contributed by atoms with Gasteiger partial charge in [0.2, 0.25) is 5.89 Å². The van der Waals surface area contributed by atoms with Crippen LogP contribution in [0.1, 0.15) is 5.89 Å². The SMILES string of the molecule is Oc1ccc(NCc2nc3ccc(F)cc3o2)cc1. The lowest BCUT2D eigenvalue weighted by Gasteiger charge is -2.02. The van der Waals surface area contributed by atoms with Crippen LogP contribution < -0.4 is 5.32 Å². The minimum absolute atomic E-state index is 0.211. The van der Waals surface area contributed by atoms with Crippen LogP contribution >= 0.6 is 0 Å². The predicted molar refractivity (Wildman–Crippen MR) is 69.4 cm³/mol. The molecule has 0 aliphatic heterocycles. The second-order valence-electron chi connectivity index (χ2n) is 4.12. The van der Waals surface area contributed by atoms with E-state index in [1.165, 1.54) is 12.1 Å². The number of phenolic OH excluding ortho intramolecular Hbond substituents is 1. The molecule has 3 rings (SSSR count). The fourth-order valence-electron chi connectivity index (χ4n) is 1.78. The number of rotatable bonds is 3. The van der Waals surface area contributed by atoms with Crippen molar-refractivity contribution in [3.05, 3.63) is 54.2 Å². The molecule has 0 spiro atoms. The Morgan fingerprint density at radius 2 is 1.95 bits per heavy atom. The highest BCUT2D eigenvalue weighted by molar-refractivity contribution is 5.72. The second kappa shape index (κ2) is 4.61. The third kappa shape index (κ3) is 2.49. The van der Waals surface area contributed by atoms with Crippen molar-refractivity contribution in [2.24, 2.45) is 0 Å². The number of anilines is 1. The van der Waals surface area contributed by atoms with Gasteiger partial charge in [0.05, 0.1) is 6.54 Å². The molecule has 0 saturated heterocycles. The van der Waals surface area contributed by atoms with Gasteiger partial charge in [-0.05, 0) is 36.4 Å². The number of halogens is 1.